The molecule has 1 amide bonds. The van der Waals surface area contributed by atoms with Crippen molar-refractivity contribution in [2.24, 2.45) is 0 Å². The van der Waals surface area contributed by atoms with Crippen molar-refractivity contribution in [2.45, 2.75) is 19.5 Å². The Morgan fingerprint density at radius 1 is 1.07 bits per heavy atom. The molecule has 0 saturated carbocycles. The van der Waals surface area contributed by atoms with Crippen molar-refractivity contribution in [2.75, 3.05) is 38.3 Å². The van der Waals surface area contributed by atoms with Crippen molar-refractivity contribution in [3.63, 3.8) is 0 Å². The lowest BCUT2D eigenvalue weighted by atomic mass is 10.1. The van der Waals surface area contributed by atoms with Crippen molar-refractivity contribution < 1.29 is 14.3 Å². The zero-order valence-corrected chi connectivity index (χ0v) is 16.6. The summed E-state index contributed by atoms with van der Waals surface area (Å²) in [5, 5.41) is 3.74. The highest BCUT2D eigenvalue weighted by atomic mass is 35.5. The lowest BCUT2D eigenvalue weighted by molar-refractivity contribution is -0.121. The Morgan fingerprint density at radius 2 is 1.79 bits per heavy atom. The molecule has 0 radical (unpaired) electrons. The van der Waals surface area contributed by atoms with Crippen LogP contribution in [0.4, 0.5) is 5.69 Å². The van der Waals surface area contributed by atoms with Crippen LogP contribution in [-0.2, 0) is 11.3 Å². The Balaban J connectivity index is 1.27. The Labute approximate surface area is 170 Å². The number of hydrogen-bond donors (Lipinski definition) is 1. The van der Waals surface area contributed by atoms with Gasteiger partial charge in [-0.25, -0.2) is 0 Å². The molecule has 28 heavy (non-hydrogen) atoms. The number of fused-ring (bicyclic) bond motifs is 1. The van der Waals surface area contributed by atoms with E-state index in [0.717, 1.165) is 43.4 Å². The van der Waals surface area contributed by atoms with E-state index in [1.807, 2.05) is 31.2 Å². The highest BCUT2D eigenvalue weighted by molar-refractivity contribution is 6.30. The summed E-state index contributed by atoms with van der Waals surface area (Å²) in [5.74, 6) is 1.37. The first-order chi connectivity index (χ1) is 13.6. The smallest absolute Gasteiger partial charge is 0.241 e. The van der Waals surface area contributed by atoms with E-state index in [2.05, 4.69) is 27.2 Å². The Kier molecular flexibility index (Phi) is 5.71. The SMILES string of the molecule is CC(C(=O)Nc1ccc2c(c1)OCO2)N1CCN(Cc2ccc(Cl)cc2)CC1. The van der Waals surface area contributed by atoms with Crippen LogP contribution in [-0.4, -0.2) is 54.7 Å². The van der Waals surface area contributed by atoms with Gasteiger partial charge in [-0.15, -0.1) is 0 Å². The van der Waals surface area contributed by atoms with Crippen LogP contribution in [0.25, 0.3) is 0 Å². The van der Waals surface area contributed by atoms with E-state index < -0.39 is 0 Å². The molecular weight excluding hydrogens is 378 g/mol. The fraction of sp³-hybridized carbons (Fsp3) is 0.381. The average molecular weight is 402 g/mol. The molecule has 1 N–H and O–H groups in total. The first kappa shape index (κ1) is 19.1. The maximum Gasteiger partial charge on any atom is 0.241 e. The number of nitrogens with zero attached hydrogens (tertiary/aromatic N) is 2. The van der Waals surface area contributed by atoms with Gasteiger partial charge in [0.25, 0.3) is 0 Å². The number of amides is 1. The standard InChI is InChI=1S/C21H24ClN3O3/c1-15(21(26)23-18-6-7-19-20(12-18)28-14-27-19)25-10-8-24(9-11-25)13-16-2-4-17(22)5-3-16/h2-7,12,15H,8-11,13-14H2,1H3,(H,23,26). The second kappa shape index (κ2) is 8.39. The highest BCUT2D eigenvalue weighted by Gasteiger charge is 2.26. The second-order valence-electron chi connectivity index (χ2n) is 7.17. The number of ether oxygens (including phenoxy) is 2. The van der Waals surface area contributed by atoms with Gasteiger partial charge < -0.3 is 14.8 Å². The summed E-state index contributed by atoms with van der Waals surface area (Å²) in [6.45, 7) is 6.69. The van der Waals surface area contributed by atoms with Gasteiger partial charge in [-0.2, -0.15) is 0 Å². The van der Waals surface area contributed by atoms with Gasteiger partial charge in [0.15, 0.2) is 11.5 Å². The third-order valence-corrected chi connectivity index (χ3v) is 5.55. The number of halogens is 1. The van der Waals surface area contributed by atoms with Crippen molar-refractivity contribution in [1.82, 2.24) is 9.80 Å². The van der Waals surface area contributed by atoms with Crippen LogP contribution in [0, 0.1) is 0 Å². The maximum atomic E-state index is 12.7. The van der Waals surface area contributed by atoms with Gasteiger partial charge in [-0.05, 0) is 36.8 Å². The topological polar surface area (TPSA) is 54.0 Å². The first-order valence-corrected chi connectivity index (χ1v) is 9.87. The fourth-order valence-electron chi connectivity index (χ4n) is 3.54. The first-order valence-electron chi connectivity index (χ1n) is 9.50. The van der Waals surface area contributed by atoms with Crippen LogP contribution in [0.1, 0.15) is 12.5 Å². The van der Waals surface area contributed by atoms with Crippen molar-refractivity contribution in [3.05, 3.63) is 53.1 Å². The molecule has 2 heterocycles. The molecule has 0 aliphatic carbocycles. The highest BCUT2D eigenvalue weighted by Crippen LogP contribution is 2.34. The molecule has 6 nitrogen and oxygen atoms in total. The summed E-state index contributed by atoms with van der Waals surface area (Å²) in [4.78, 5) is 17.3. The van der Waals surface area contributed by atoms with E-state index in [1.54, 1.807) is 6.07 Å². The third-order valence-electron chi connectivity index (χ3n) is 5.29. The van der Waals surface area contributed by atoms with Crippen molar-refractivity contribution >= 4 is 23.2 Å². The number of carbonyl (C=O) groups is 1. The minimum Gasteiger partial charge on any atom is -0.454 e. The zero-order chi connectivity index (χ0) is 19.5. The number of piperazine rings is 1. The van der Waals surface area contributed by atoms with Crippen LogP contribution >= 0.6 is 11.6 Å². The zero-order valence-electron chi connectivity index (χ0n) is 15.9. The van der Waals surface area contributed by atoms with Crippen LogP contribution in [0.15, 0.2) is 42.5 Å². The molecule has 1 atom stereocenters. The van der Waals surface area contributed by atoms with Gasteiger partial charge >= 0.3 is 0 Å². The summed E-state index contributed by atoms with van der Waals surface area (Å²) in [7, 11) is 0. The van der Waals surface area contributed by atoms with E-state index in [0.29, 0.717) is 11.5 Å². The molecule has 0 aromatic heterocycles. The number of hydrogen-bond acceptors (Lipinski definition) is 5. The van der Waals surface area contributed by atoms with E-state index >= 15 is 0 Å². The Morgan fingerprint density at radius 3 is 2.54 bits per heavy atom. The number of carbonyl (C=O) groups excluding carboxylic acids is 1. The van der Waals surface area contributed by atoms with Gasteiger partial charge in [0.05, 0.1) is 6.04 Å². The van der Waals surface area contributed by atoms with Gasteiger partial charge in [-0.1, -0.05) is 23.7 Å². The molecule has 2 aromatic carbocycles. The Bertz CT molecular complexity index is 835. The van der Waals surface area contributed by atoms with Crippen molar-refractivity contribution in [3.8, 4) is 11.5 Å². The summed E-state index contributed by atoms with van der Waals surface area (Å²) in [6, 6.07) is 13.2. The largest absolute Gasteiger partial charge is 0.454 e. The lowest BCUT2D eigenvalue weighted by Crippen LogP contribution is -2.52. The molecule has 1 unspecified atom stereocenters. The van der Waals surface area contributed by atoms with Crippen LogP contribution in [0.2, 0.25) is 5.02 Å². The van der Waals surface area contributed by atoms with E-state index in [9.17, 15) is 4.79 Å². The summed E-state index contributed by atoms with van der Waals surface area (Å²) in [6.07, 6.45) is 0. The van der Waals surface area contributed by atoms with Gasteiger partial charge in [0.1, 0.15) is 0 Å². The predicted octanol–water partition coefficient (Wildman–Crippen LogP) is 3.21. The van der Waals surface area contributed by atoms with Gasteiger partial charge in [0, 0.05) is 49.5 Å². The molecular formula is C21H24ClN3O3. The maximum absolute atomic E-state index is 12.7. The Hall–Kier alpha value is -2.28. The summed E-state index contributed by atoms with van der Waals surface area (Å²) in [5.41, 5.74) is 1.98. The molecule has 0 spiro atoms. The number of rotatable bonds is 5. The van der Waals surface area contributed by atoms with E-state index in [4.69, 9.17) is 21.1 Å². The van der Waals surface area contributed by atoms with Gasteiger partial charge in [-0.3, -0.25) is 14.6 Å². The monoisotopic (exact) mass is 401 g/mol. The summed E-state index contributed by atoms with van der Waals surface area (Å²) < 4.78 is 10.7. The minimum absolute atomic E-state index is 0.00924. The average Bonchev–Trinajstić information content (AvgIpc) is 3.17. The van der Waals surface area contributed by atoms with Crippen LogP contribution < -0.4 is 14.8 Å². The lowest BCUT2D eigenvalue weighted by Gasteiger charge is -2.37. The van der Waals surface area contributed by atoms with Gasteiger partial charge in [0.2, 0.25) is 12.7 Å². The molecule has 4 rings (SSSR count). The normalized spacial score (nSPS) is 18.1. The molecule has 2 aromatic rings. The molecule has 7 heteroatoms. The predicted molar refractivity (Wildman–Crippen MR) is 109 cm³/mol. The molecule has 1 fully saturated rings. The van der Waals surface area contributed by atoms with E-state index in [1.165, 1.54) is 5.56 Å². The quantitative estimate of drug-likeness (QED) is 0.833. The van der Waals surface area contributed by atoms with E-state index in [-0.39, 0.29) is 18.7 Å². The number of nitrogens with one attached hydrogen (secondary N) is 1. The molecule has 1 saturated heterocycles. The molecule has 148 valence electrons. The molecule has 0 bridgehead atoms. The van der Waals surface area contributed by atoms with Crippen molar-refractivity contribution in [1.29, 1.82) is 0 Å². The minimum atomic E-state index is -0.192. The fourth-order valence-corrected chi connectivity index (χ4v) is 3.67. The van der Waals surface area contributed by atoms with Crippen LogP contribution in [0.3, 0.4) is 0 Å². The second-order valence-corrected chi connectivity index (χ2v) is 7.61. The summed E-state index contributed by atoms with van der Waals surface area (Å²) >= 11 is 5.95. The number of benzene rings is 2. The molecule has 2 aliphatic heterocycles. The number of anilines is 1. The third kappa shape index (κ3) is 4.41. The van der Waals surface area contributed by atoms with Crippen LogP contribution in [0.5, 0.6) is 11.5 Å². The molecule has 2 aliphatic rings.